The number of amidine groups is 1. The van der Waals surface area contributed by atoms with Gasteiger partial charge in [0.2, 0.25) is 0 Å². The highest BCUT2D eigenvalue weighted by atomic mass is 16.5. The van der Waals surface area contributed by atoms with Gasteiger partial charge >= 0.3 is 5.97 Å². The van der Waals surface area contributed by atoms with Gasteiger partial charge in [-0.05, 0) is 19.8 Å². The van der Waals surface area contributed by atoms with Crippen molar-refractivity contribution in [2.75, 3.05) is 19.7 Å². The summed E-state index contributed by atoms with van der Waals surface area (Å²) < 4.78 is 4.84. The fraction of sp³-hybridized carbons (Fsp3) is 0.818. The van der Waals surface area contributed by atoms with Crippen LogP contribution in [0, 0.1) is 0 Å². The molecular formula is C11H20N2O2. The van der Waals surface area contributed by atoms with Gasteiger partial charge in [0.05, 0.1) is 18.9 Å². The second-order valence-electron chi connectivity index (χ2n) is 3.62. The highest BCUT2D eigenvalue weighted by molar-refractivity contribution is 5.82. The molecule has 0 saturated heterocycles. The summed E-state index contributed by atoms with van der Waals surface area (Å²) in [4.78, 5) is 15.5. The number of ether oxygens (including phenoxy) is 1. The molecule has 0 spiro atoms. The van der Waals surface area contributed by atoms with Crippen LogP contribution in [0.1, 0.15) is 39.0 Å². The number of carbonyl (C=O) groups is 1. The lowest BCUT2D eigenvalue weighted by atomic mass is 10.2. The lowest BCUT2D eigenvalue weighted by molar-refractivity contribution is -0.142. The van der Waals surface area contributed by atoms with E-state index in [-0.39, 0.29) is 5.97 Å². The molecule has 0 bridgehead atoms. The second kappa shape index (κ2) is 7.26. The van der Waals surface area contributed by atoms with E-state index < -0.39 is 0 Å². The lowest BCUT2D eigenvalue weighted by Crippen LogP contribution is -2.26. The molecule has 4 heteroatoms. The summed E-state index contributed by atoms with van der Waals surface area (Å²) in [7, 11) is 0. The van der Waals surface area contributed by atoms with Crippen LogP contribution in [0.5, 0.6) is 0 Å². The van der Waals surface area contributed by atoms with Gasteiger partial charge < -0.3 is 10.1 Å². The van der Waals surface area contributed by atoms with E-state index in [1.807, 2.05) is 6.92 Å². The molecule has 1 heterocycles. The average Bonchev–Trinajstić information content (AvgIpc) is 2.47. The number of aliphatic imine (C=N–C) groups is 1. The van der Waals surface area contributed by atoms with Crippen LogP contribution in [0.25, 0.3) is 0 Å². The molecular weight excluding hydrogens is 192 g/mol. The molecule has 0 aromatic rings. The standard InChI is InChI=1S/C11H20N2O2/c1-2-15-11(14)7-9-13-10-6-4-3-5-8-12-10/h2-9H2,1H3,(H,12,13). The number of hydrogen-bond acceptors (Lipinski definition) is 4. The molecule has 1 N–H and O–H groups in total. The smallest absolute Gasteiger partial charge is 0.307 e. The first-order valence-electron chi connectivity index (χ1n) is 5.75. The molecule has 15 heavy (non-hydrogen) atoms. The maximum Gasteiger partial charge on any atom is 0.307 e. The van der Waals surface area contributed by atoms with Crippen molar-refractivity contribution >= 4 is 11.8 Å². The molecule has 0 radical (unpaired) electrons. The molecule has 0 atom stereocenters. The minimum atomic E-state index is -0.140. The summed E-state index contributed by atoms with van der Waals surface area (Å²) in [5, 5.41) is 3.20. The molecule has 1 aliphatic rings. The van der Waals surface area contributed by atoms with Gasteiger partial charge in [0.25, 0.3) is 0 Å². The Morgan fingerprint density at radius 2 is 2.33 bits per heavy atom. The molecule has 0 fully saturated rings. The Bertz CT molecular complexity index is 227. The van der Waals surface area contributed by atoms with Crippen molar-refractivity contribution in [1.29, 1.82) is 0 Å². The summed E-state index contributed by atoms with van der Waals surface area (Å²) in [5.74, 6) is 0.913. The van der Waals surface area contributed by atoms with E-state index >= 15 is 0 Å². The number of nitrogens with one attached hydrogen (secondary N) is 1. The van der Waals surface area contributed by atoms with Gasteiger partial charge in [0, 0.05) is 19.5 Å². The lowest BCUT2D eigenvalue weighted by Gasteiger charge is -2.07. The summed E-state index contributed by atoms with van der Waals surface area (Å²) in [5.41, 5.74) is 0. The Morgan fingerprint density at radius 3 is 3.13 bits per heavy atom. The summed E-state index contributed by atoms with van der Waals surface area (Å²) in [6, 6.07) is 0. The highest BCUT2D eigenvalue weighted by Gasteiger charge is 2.05. The van der Waals surface area contributed by atoms with Gasteiger partial charge in [0.15, 0.2) is 0 Å². The number of carbonyl (C=O) groups excluding carboxylic acids is 1. The topological polar surface area (TPSA) is 50.7 Å². The molecule has 0 aromatic heterocycles. The molecule has 0 saturated carbocycles. The van der Waals surface area contributed by atoms with Gasteiger partial charge in [-0.25, -0.2) is 0 Å². The zero-order valence-electron chi connectivity index (χ0n) is 9.42. The number of nitrogens with zero attached hydrogens (tertiary/aromatic N) is 1. The maximum atomic E-state index is 11.1. The van der Waals surface area contributed by atoms with Crippen molar-refractivity contribution in [3.8, 4) is 0 Å². The van der Waals surface area contributed by atoms with Crippen LogP contribution >= 0.6 is 0 Å². The van der Waals surface area contributed by atoms with Crippen LogP contribution in [0.2, 0.25) is 0 Å². The zero-order valence-corrected chi connectivity index (χ0v) is 9.42. The molecule has 0 unspecified atom stereocenters. The molecule has 4 nitrogen and oxygen atoms in total. The van der Waals surface area contributed by atoms with E-state index in [9.17, 15) is 4.79 Å². The van der Waals surface area contributed by atoms with Crippen LogP contribution < -0.4 is 5.32 Å². The summed E-state index contributed by atoms with van der Waals surface area (Å²) in [6.45, 7) is 3.83. The third-order valence-electron chi connectivity index (χ3n) is 2.34. The molecule has 0 aromatic carbocycles. The van der Waals surface area contributed by atoms with Gasteiger partial charge in [-0.3, -0.25) is 9.79 Å². The predicted molar refractivity (Wildman–Crippen MR) is 60.0 cm³/mol. The van der Waals surface area contributed by atoms with Crippen molar-refractivity contribution in [2.24, 2.45) is 4.99 Å². The largest absolute Gasteiger partial charge is 0.466 e. The Kier molecular flexibility index (Phi) is 5.81. The number of rotatable bonds is 4. The maximum absolute atomic E-state index is 11.1. The normalized spacial score (nSPS) is 16.5. The van der Waals surface area contributed by atoms with Crippen molar-refractivity contribution in [3.05, 3.63) is 0 Å². The summed E-state index contributed by atoms with van der Waals surface area (Å²) in [6.07, 6.45) is 5.08. The fourth-order valence-electron chi connectivity index (χ4n) is 1.56. The summed E-state index contributed by atoms with van der Waals surface area (Å²) >= 11 is 0. The van der Waals surface area contributed by atoms with Crippen LogP contribution in [0.15, 0.2) is 4.99 Å². The minimum absolute atomic E-state index is 0.140. The van der Waals surface area contributed by atoms with Crippen molar-refractivity contribution in [3.63, 3.8) is 0 Å². The Morgan fingerprint density at radius 1 is 1.47 bits per heavy atom. The van der Waals surface area contributed by atoms with Crippen LogP contribution in [-0.2, 0) is 9.53 Å². The van der Waals surface area contributed by atoms with E-state index in [1.165, 1.54) is 19.3 Å². The van der Waals surface area contributed by atoms with Crippen molar-refractivity contribution < 1.29 is 9.53 Å². The van der Waals surface area contributed by atoms with Gasteiger partial charge in [-0.15, -0.1) is 0 Å². The Hall–Kier alpha value is -1.06. The quantitative estimate of drug-likeness (QED) is 0.718. The third-order valence-corrected chi connectivity index (χ3v) is 2.34. The van der Waals surface area contributed by atoms with Crippen LogP contribution in [-0.4, -0.2) is 31.5 Å². The molecule has 1 rings (SSSR count). The van der Waals surface area contributed by atoms with E-state index in [0.29, 0.717) is 19.6 Å². The molecule has 86 valence electrons. The monoisotopic (exact) mass is 212 g/mol. The minimum Gasteiger partial charge on any atom is -0.466 e. The molecule has 1 aliphatic heterocycles. The fourth-order valence-corrected chi connectivity index (χ4v) is 1.56. The van der Waals surface area contributed by atoms with Crippen molar-refractivity contribution in [1.82, 2.24) is 5.32 Å². The Balaban J connectivity index is 2.13. The van der Waals surface area contributed by atoms with E-state index in [0.717, 1.165) is 18.8 Å². The predicted octanol–water partition coefficient (Wildman–Crippen LogP) is 1.50. The van der Waals surface area contributed by atoms with E-state index in [4.69, 9.17) is 4.74 Å². The first-order chi connectivity index (χ1) is 7.33. The van der Waals surface area contributed by atoms with Crippen LogP contribution in [0.4, 0.5) is 0 Å². The van der Waals surface area contributed by atoms with Gasteiger partial charge in [-0.2, -0.15) is 0 Å². The van der Waals surface area contributed by atoms with Crippen molar-refractivity contribution in [2.45, 2.75) is 39.0 Å². The number of hydrogen-bond donors (Lipinski definition) is 1. The third kappa shape index (κ3) is 5.40. The first-order valence-corrected chi connectivity index (χ1v) is 5.75. The average molecular weight is 212 g/mol. The zero-order chi connectivity index (χ0) is 10.9. The second-order valence-corrected chi connectivity index (χ2v) is 3.62. The van der Waals surface area contributed by atoms with Gasteiger partial charge in [-0.1, -0.05) is 6.42 Å². The van der Waals surface area contributed by atoms with E-state index in [1.54, 1.807) is 0 Å². The van der Waals surface area contributed by atoms with E-state index in [2.05, 4.69) is 10.3 Å². The number of esters is 1. The van der Waals surface area contributed by atoms with Gasteiger partial charge in [0.1, 0.15) is 0 Å². The first kappa shape index (κ1) is 12.0. The Labute approximate surface area is 91.1 Å². The SMILES string of the molecule is CCOC(=O)CCNC1=NCCCCC1. The molecule has 0 aliphatic carbocycles. The molecule has 0 amide bonds. The van der Waals surface area contributed by atoms with Crippen LogP contribution in [0.3, 0.4) is 0 Å². The highest BCUT2D eigenvalue weighted by Crippen LogP contribution is 2.05.